The SMILES string of the molecule is CN(C)C(=O)N(CCC(C)(C)N)C(c1nc(-c2cccc(F)c2)cn1Cc1ccccc1)C(C)(C)C. The summed E-state index contributed by atoms with van der Waals surface area (Å²) in [7, 11) is 3.52. The summed E-state index contributed by atoms with van der Waals surface area (Å²) in [6.07, 6.45) is 2.59. The lowest BCUT2D eigenvalue weighted by Crippen LogP contribution is -2.49. The van der Waals surface area contributed by atoms with Crippen LogP contribution in [0, 0.1) is 11.2 Å². The number of amides is 2. The Hall–Kier alpha value is -3.19. The van der Waals surface area contributed by atoms with Crippen molar-refractivity contribution in [2.45, 2.75) is 59.2 Å². The van der Waals surface area contributed by atoms with Gasteiger partial charge in [0.15, 0.2) is 0 Å². The van der Waals surface area contributed by atoms with Crippen LogP contribution in [0.3, 0.4) is 0 Å². The third kappa shape index (κ3) is 6.94. The fourth-order valence-corrected chi connectivity index (χ4v) is 4.34. The van der Waals surface area contributed by atoms with Crippen molar-refractivity contribution in [1.82, 2.24) is 19.4 Å². The molecular weight excluding hydrogens is 453 g/mol. The number of hydrogen-bond donors (Lipinski definition) is 1. The van der Waals surface area contributed by atoms with Crippen molar-refractivity contribution in [3.05, 3.63) is 78.0 Å². The van der Waals surface area contributed by atoms with Crippen molar-refractivity contribution in [3.8, 4) is 11.3 Å². The molecule has 2 amide bonds. The summed E-state index contributed by atoms with van der Waals surface area (Å²) in [5, 5.41) is 0. The second-order valence-corrected chi connectivity index (χ2v) is 11.5. The number of benzene rings is 2. The van der Waals surface area contributed by atoms with Crippen LogP contribution in [0.15, 0.2) is 60.8 Å². The predicted octanol–water partition coefficient (Wildman–Crippen LogP) is 5.94. The molecule has 0 aliphatic carbocycles. The summed E-state index contributed by atoms with van der Waals surface area (Å²) in [6, 6.07) is 16.1. The highest BCUT2D eigenvalue weighted by Crippen LogP contribution is 2.40. The molecule has 0 aliphatic rings. The maximum Gasteiger partial charge on any atom is 0.320 e. The molecule has 3 aromatic rings. The number of urea groups is 1. The number of imidazole rings is 1. The molecule has 0 saturated heterocycles. The molecule has 0 radical (unpaired) electrons. The van der Waals surface area contributed by atoms with E-state index in [1.165, 1.54) is 12.1 Å². The van der Waals surface area contributed by atoms with Gasteiger partial charge in [-0.15, -0.1) is 0 Å². The first kappa shape index (κ1) is 27.4. The highest BCUT2D eigenvalue weighted by Gasteiger charge is 2.39. The van der Waals surface area contributed by atoms with Gasteiger partial charge in [-0.05, 0) is 43.4 Å². The molecular formula is C29H40FN5O. The van der Waals surface area contributed by atoms with Gasteiger partial charge >= 0.3 is 6.03 Å². The van der Waals surface area contributed by atoms with E-state index in [0.29, 0.717) is 30.8 Å². The first-order valence-corrected chi connectivity index (χ1v) is 12.4. The number of nitrogens with zero attached hydrogens (tertiary/aromatic N) is 4. The number of aromatic nitrogens is 2. The Labute approximate surface area is 214 Å². The maximum absolute atomic E-state index is 14.1. The number of hydrogen-bond acceptors (Lipinski definition) is 3. The molecule has 1 unspecified atom stereocenters. The summed E-state index contributed by atoms with van der Waals surface area (Å²) in [6.45, 7) is 11.3. The Morgan fingerprint density at radius 2 is 1.72 bits per heavy atom. The summed E-state index contributed by atoms with van der Waals surface area (Å²) in [5.41, 5.74) is 8.04. The second-order valence-electron chi connectivity index (χ2n) is 11.5. The number of halogens is 1. The molecule has 0 fully saturated rings. The molecule has 36 heavy (non-hydrogen) atoms. The van der Waals surface area contributed by atoms with Crippen molar-refractivity contribution < 1.29 is 9.18 Å². The molecule has 7 heteroatoms. The van der Waals surface area contributed by atoms with Gasteiger partial charge < -0.3 is 20.1 Å². The van der Waals surface area contributed by atoms with Crippen molar-refractivity contribution in [2.75, 3.05) is 20.6 Å². The van der Waals surface area contributed by atoms with Crippen LogP contribution in [0.25, 0.3) is 11.3 Å². The van der Waals surface area contributed by atoms with E-state index >= 15 is 0 Å². The smallest absolute Gasteiger partial charge is 0.320 e. The average molecular weight is 494 g/mol. The minimum absolute atomic E-state index is 0.0965. The zero-order valence-corrected chi connectivity index (χ0v) is 22.6. The van der Waals surface area contributed by atoms with Gasteiger partial charge in [-0.2, -0.15) is 0 Å². The van der Waals surface area contributed by atoms with Crippen molar-refractivity contribution in [1.29, 1.82) is 0 Å². The van der Waals surface area contributed by atoms with E-state index in [0.717, 1.165) is 11.4 Å². The van der Waals surface area contributed by atoms with Gasteiger partial charge in [0.1, 0.15) is 11.6 Å². The van der Waals surface area contributed by atoms with Gasteiger partial charge in [0.25, 0.3) is 0 Å². The van der Waals surface area contributed by atoms with Crippen LogP contribution in [0.1, 0.15) is 58.5 Å². The van der Waals surface area contributed by atoms with E-state index < -0.39 is 5.54 Å². The van der Waals surface area contributed by atoms with Crippen LogP contribution in [0.5, 0.6) is 0 Å². The highest BCUT2D eigenvalue weighted by atomic mass is 19.1. The van der Waals surface area contributed by atoms with E-state index in [2.05, 4.69) is 37.5 Å². The molecule has 0 aliphatic heterocycles. The Morgan fingerprint density at radius 1 is 1.06 bits per heavy atom. The quantitative estimate of drug-likeness (QED) is 0.423. The fourth-order valence-electron chi connectivity index (χ4n) is 4.34. The van der Waals surface area contributed by atoms with E-state index in [9.17, 15) is 9.18 Å². The van der Waals surface area contributed by atoms with Crippen LogP contribution < -0.4 is 5.73 Å². The average Bonchev–Trinajstić information content (AvgIpc) is 3.18. The Balaban J connectivity index is 2.19. The third-order valence-corrected chi connectivity index (χ3v) is 6.13. The van der Waals surface area contributed by atoms with Crippen molar-refractivity contribution >= 4 is 6.03 Å². The Morgan fingerprint density at radius 3 is 2.28 bits per heavy atom. The van der Waals surface area contributed by atoms with Crippen LogP contribution in [0.2, 0.25) is 0 Å². The summed E-state index contributed by atoms with van der Waals surface area (Å²) >= 11 is 0. The van der Waals surface area contributed by atoms with Crippen LogP contribution in [-0.2, 0) is 6.54 Å². The molecule has 1 aromatic heterocycles. The number of nitrogens with two attached hydrogens (primary N) is 1. The third-order valence-electron chi connectivity index (χ3n) is 6.13. The van der Waals surface area contributed by atoms with Gasteiger partial charge in [0, 0.05) is 44.5 Å². The van der Waals surface area contributed by atoms with Gasteiger partial charge in [-0.25, -0.2) is 14.2 Å². The van der Waals surface area contributed by atoms with Crippen molar-refractivity contribution in [2.24, 2.45) is 11.1 Å². The van der Waals surface area contributed by atoms with Gasteiger partial charge in [0.05, 0.1) is 11.7 Å². The van der Waals surface area contributed by atoms with E-state index in [-0.39, 0.29) is 23.3 Å². The molecule has 2 aromatic carbocycles. The van der Waals surface area contributed by atoms with E-state index in [1.807, 2.05) is 49.2 Å². The van der Waals surface area contributed by atoms with Crippen molar-refractivity contribution in [3.63, 3.8) is 0 Å². The number of carbonyl (C=O) groups is 1. The van der Waals surface area contributed by atoms with Crippen LogP contribution in [-0.4, -0.2) is 51.6 Å². The maximum atomic E-state index is 14.1. The minimum atomic E-state index is -0.431. The van der Waals surface area contributed by atoms with Crippen LogP contribution >= 0.6 is 0 Å². The lowest BCUT2D eigenvalue weighted by atomic mass is 9.84. The summed E-state index contributed by atoms with van der Waals surface area (Å²) in [4.78, 5) is 22.1. The molecule has 2 N–H and O–H groups in total. The van der Waals surface area contributed by atoms with E-state index in [1.54, 1.807) is 25.1 Å². The lowest BCUT2D eigenvalue weighted by Gasteiger charge is -2.42. The largest absolute Gasteiger partial charge is 0.331 e. The number of rotatable bonds is 8. The van der Waals surface area contributed by atoms with E-state index in [4.69, 9.17) is 10.7 Å². The monoisotopic (exact) mass is 493 g/mol. The highest BCUT2D eigenvalue weighted by molar-refractivity contribution is 5.74. The molecule has 1 heterocycles. The zero-order chi connectivity index (χ0) is 26.7. The molecule has 3 rings (SSSR count). The summed E-state index contributed by atoms with van der Waals surface area (Å²) < 4.78 is 16.2. The van der Waals surface area contributed by atoms with Gasteiger partial charge in [-0.1, -0.05) is 63.2 Å². The van der Waals surface area contributed by atoms with Gasteiger partial charge in [0.2, 0.25) is 0 Å². The molecule has 6 nitrogen and oxygen atoms in total. The topological polar surface area (TPSA) is 67.4 Å². The number of carbonyl (C=O) groups excluding carboxylic acids is 1. The summed E-state index contributed by atoms with van der Waals surface area (Å²) in [5.74, 6) is 0.448. The zero-order valence-electron chi connectivity index (χ0n) is 22.6. The van der Waals surface area contributed by atoms with Gasteiger partial charge in [-0.3, -0.25) is 0 Å². The Kier molecular flexibility index (Phi) is 8.24. The first-order valence-electron chi connectivity index (χ1n) is 12.4. The minimum Gasteiger partial charge on any atom is -0.331 e. The molecule has 0 spiro atoms. The normalized spacial score (nSPS) is 12.9. The molecule has 194 valence electrons. The lowest BCUT2D eigenvalue weighted by molar-refractivity contribution is 0.0881. The second kappa shape index (κ2) is 10.8. The van der Waals surface area contributed by atoms with Crippen LogP contribution in [0.4, 0.5) is 9.18 Å². The fraction of sp³-hybridized carbons (Fsp3) is 0.448. The first-order chi connectivity index (χ1) is 16.8. The molecule has 1 atom stereocenters. The predicted molar refractivity (Wildman–Crippen MR) is 144 cm³/mol. The standard InChI is InChI=1S/C29H40FN5O/c1-28(2,3)25(35(27(36)33(6)7)17-16-29(4,5)31)26-32-24(22-14-11-15-23(30)18-22)20-34(26)19-21-12-9-8-10-13-21/h8-15,18,20,25H,16-17,19,31H2,1-7H3. The molecule has 0 bridgehead atoms. The Bertz CT molecular complexity index is 1160. The molecule has 0 saturated carbocycles.